The molecule has 0 aromatic rings. The fourth-order valence-electron chi connectivity index (χ4n) is 6.37. The van der Waals surface area contributed by atoms with Crippen LogP contribution in [0.1, 0.15) is 44.9 Å². The summed E-state index contributed by atoms with van der Waals surface area (Å²) in [4.78, 5) is 147. The molecule has 0 radical (unpaired) electrons. The second-order valence-corrected chi connectivity index (χ2v) is 15.7. The Morgan fingerprint density at radius 2 is 0.629 bits per heavy atom. The number of ether oxygens (including phenoxy) is 4. The molecule has 3 aliphatic heterocycles. The van der Waals surface area contributed by atoms with E-state index in [-0.39, 0.29) is 168 Å². The Morgan fingerprint density at radius 1 is 0.400 bits per heavy atom. The van der Waals surface area contributed by atoms with Crippen LogP contribution in [0.15, 0.2) is 36.5 Å². The van der Waals surface area contributed by atoms with Crippen LogP contribution in [-0.2, 0) is 76.5 Å². The van der Waals surface area contributed by atoms with Crippen molar-refractivity contribution in [1.29, 1.82) is 0 Å². The zero-order valence-electron chi connectivity index (χ0n) is 38.9. The fourth-order valence-corrected chi connectivity index (χ4v) is 6.37. The summed E-state index contributed by atoms with van der Waals surface area (Å²) in [5.41, 5.74) is -1.03. The van der Waals surface area contributed by atoms with Gasteiger partial charge in [0.15, 0.2) is 0 Å². The molecule has 3 rings (SSSR count). The summed E-state index contributed by atoms with van der Waals surface area (Å²) in [7, 11) is 0. The van der Waals surface area contributed by atoms with Crippen molar-refractivity contribution < 1.29 is 76.5 Å². The average molecular weight is 984 g/mol. The summed E-state index contributed by atoms with van der Waals surface area (Å²) >= 11 is 0. The molecule has 3 aliphatic rings. The zero-order valence-corrected chi connectivity index (χ0v) is 38.9. The Hall–Kier alpha value is -7.14. The molecule has 0 aromatic heterocycles. The van der Waals surface area contributed by atoms with Crippen LogP contribution < -0.4 is 31.9 Å². The van der Waals surface area contributed by atoms with Crippen molar-refractivity contribution >= 4 is 70.9 Å². The molecule has 25 nitrogen and oxygen atoms in total. The maximum Gasteiger partial charge on any atom is 0.253 e. The predicted molar refractivity (Wildman–Crippen MR) is 242 cm³/mol. The largest absolute Gasteiger partial charge is 0.380 e. The summed E-state index contributed by atoms with van der Waals surface area (Å²) < 4.78 is 23.6. The van der Waals surface area contributed by atoms with Gasteiger partial charge in [-0.25, -0.2) is 0 Å². The molecule has 0 unspecified atom stereocenters. The smallest absolute Gasteiger partial charge is 0.253 e. The molecule has 25 heteroatoms. The molecule has 0 aromatic carbocycles. The van der Waals surface area contributed by atoms with Gasteiger partial charge in [0, 0.05) is 140 Å². The Kier molecular flexibility index (Phi) is 26.0. The molecule has 0 fully saturated rings. The standard InChI is InChI=1S/C45H61N9O16/c1-2-3-25-67-29-45(30-68-26-13-36(58)49-19-16-46-33(55)10-22-52-39(61)4-5-40(52)62,31-69-27-14-37(59)50-20-17-47-34(56)11-23-53-41(63)6-7-42(53)64)32-70-28-15-38(60)51-21-18-48-35(57)12-24-54-43(65)8-9-44(54)66/h1,4-9H,3,10-32H2,(H,46,55)(H,47,56)(H,48,57)(H,49,58)(H,50,59)(H,51,60). The average Bonchev–Trinajstić information content (AvgIpc) is 3.96. The molecular formula is C45H61N9O16. The number of rotatable bonds is 37. The van der Waals surface area contributed by atoms with Crippen LogP contribution in [-0.4, -0.2) is 197 Å². The molecule has 6 N–H and O–H groups in total. The van der Waals surface area contributed by atoms with Gasteiger partial charge in [-0.2, -0.15) is 0 Å². The van der Waals surface area contributed by atoms with E-state index in [0.29, 0.717) is 6.42 Å². The van der Waals surface area contributed by atoms with Crippen LogP contribution in [0, 0.1) is 17.8 Å². The molecule has 70 heavy (non-hydrogen) atoms. The van der Waals surface area contributed by atoms with Crippen LogP contribution in [0.5, 0.6) is 0 Å². The Balaban J connectivity index is 1.44. The zero-order chi connectivity index (χ0) is 51.2. The number of nitrogens with zero attached hydrogens (tertiary/aromatic N) is 3. The normalized spacial score (nSPS) is 14.1. The van der Waals surface area contributed by atoms with Crippen LogP contribution in [0.2, 0.25) is 0 Å². The lowest BCUT2D eigenvalue weighted by Crippen LogP contribution is -2.43. The van der Waals surface area contributed by atoms with Crippen molar-refractivity contribution in [3.8, 4) is 12.3 Å². The third-order valence-electron chi connectivity index (χ3n) is 10.1. The van der Waals surface area contributed by atoms with Crippen molar-refractivity contribution in [2.24, 2.45) is 5.41 Å². The van der Waals surface area contributed by atoms with E-state index in [9.17, 15) is 57.5 Å². The van der Waals surface area contributed by atoms with E-state index in [4.69, 9.17) is 25.4 Å². The van der Waals surface area contributed by atoms with Crippen LogP contribution in [0.4, 0.5) is 0 Å². The van der Waals surface area contributed by atoms with Crippen molar-refractivity contribution in [2.75, 3.05) is 112 Å². The molecule has 382 valence electrons. The van der Waals surface area contributed by atoms with Crippen LogP contribution in [0.25, 0.3) is 0 Å². The summed E-state index contributed by atoms with van der Waals surface area (Å²) in [6.07, 6.45) is 12.0. The van der Waals surface area contributed by atoms with E-state index in [0.717, 1.165) is 51.2 Å². The van der Waals surface area contributed by atoms with Gasteiger partial charge in [0.2, 0.25) is 35.4 Å². The van der Waals surface area contributed by atoms with Gasteiger partial charge < -0.3 is 50.8 Å². The van der Waals surface area contributed by atoms with Gasteiger partial charge >= 0.3 is 0 Å². The molecule has 3 heterocycles. The lowest BCUT2D eigenvalue weighted by molar-refractivity contribution is -0.139. The Bertz CT molecular complexity index is 1790. The maximum atomic E-state index is 12.6. The van der Waals surface area contributed by atoms with Gasteiger partial charge in [-0.15, -0.1) is 12.3 Å². The number of terminal acetylenes is 1. The number of carbonyl (C=O) groups is 12. The first-order chi connectivity index (χ1) is 33.6. The topological polar surface area (TPSA) is 324 Å². The van der Waals surface area contributed by atoms with Crippen molar-refractivity contribution in [1.82, 2.24) is 46.6 Å². The predicted octanol–water partition coefficient (Wildman–Crippen LogP) is -4.12. The van der Waals surface area contributed by atoms with Gasteiger partial charge in [-0.1, -0.05) is 0 Å². The highest BCUT2D eigenvalue weighted by atomic mass is 16.5. The highest BCUT2D eigenvalue weighted by Gasteiger charge is 2.33. The second-order valence-electron chi connectivity index (χ2n) is 15.7. The molecule has 0 saturated heterocycles. The van der Waals surface area contributed by atoms with E-state index in [1.165, 1.54) is 0 Å². The summed E-state index contributed by atoms with van der Waals surface area (Å²) in [5, 5.41) is 15.8. The highest BCUT2D eigenvalue weighted by molar-refractivity contribution is 6.14. The quantitative estimate of drug-likeness (QED) is 0.0196. The molecule has 0 atom stereocenters. The van der Waals surface area contributed by atoms with Gasteiger partial charge in [0.1, 0.15) is 0 Å². The SMILES string of the molecule is C#CCCOCC(COCCC(=O)NCCNC(=O)CCN1C(=O)C=CC1=O)(COCCC(=O)NCCNC(=O)CCN1C(=O)C=CC1=O)COCCC(=O)NCCNC(=O)CCN1C(=O)C=CC1=O. The number of carbonyl (C=O) groups excluding carboxylic acids is 12. The van der Waals surface area contributed by atoms with Crippen molar-refractivity contribution in [2.45, 2.75) is 44.9 Å². The number of hydrogen-bond donors (Lipinski definition) is 6. The van der Waals surface area contributed by atoms with Gasteiger partial charge in [0.25, 0.3) is 35.4 Å². The molecule has 0 spiro atoms. The molecule has 0 aliphatic carbocycles. The molecular weight excluding hydrogens is 923 g/mol. The third kappa shape index (κ3) is 22.3. The molecule has 12 amide bonds. The monoisotopic (exact) mass is 983 g/mol. The minimum Gasteiger partial charge on any atom is -0.380 e. The minimum absolute atomic E-state index is 0.00212. The first-order valence-corrected chi connectivity index (χ1v) is 22.6. The fraction of sp³-hybridized carbons (Fsp3) is 0.556. The van der Waals surface area contributed by atoms with Crippen LogP contribution in [0.3, 0.4) is 0 Å². The first kappa shape index (κ1) is 57.2. The second kappa shape index (κ2) is 31.8. The lowest BCUT2D eigenvalue weighted by Gasteiger charge is -2.33. The van der Waals surface area contributed by atoms with E-state index in [1.807, 2.05) is 0 Å². The van der Waals surface area contributed by atoms with Crippen molar-refractivity contribution in [3.63, 3.8) is 0 Å². The highest BCUT2D eigenvalue weighted by Crippen LogP contribution is 2.22. The van der Waals surface area contributed by atoms with Gasteiger partial charge in [-0.3, -0.25) is 72.2 Å². The lowest BCUT2D eigenvalue weighted by atomic mass is 9.92. The first-order valence-electron chi connectivity index (χ1n) is 22.6. The Labute approximate surface area is 404 Å². The molecule has 0 saturated carbocycles. The third-order valence-corrected chi connectivity index (χ3v) is 10.1. The van der Waals surface area contributed by atoms with Crippen LogP contribution >= 0.6 is 0 Å². The van der Waals surface area contributed by atoms with Crippen molar-refractivity contribution in [3.05, 3.63) is 36.5 Å². The number of nitrogens with one attached hydrogen (secondary N) is 6. The number of imide groups is 3. The number of hydrogen-bond acceptors (Lipinski definition) is 16. The Morgan fingerprint density at radius 3 is 0.871 bits per heavy atom. The van der Waals surface area contributed by atoms with E-state index in [2.05, 4.69) is 37.8 Å². The maximum absolute atomic E-state index is 12.6. The van der Waals surface area contributed by atoms with E-state index >= 15 is 0 Å². The molecule has 0 bridgehead atoms. The minimum atomic E-state index is -1.03. The summed E-state index contributed by atoms with van der Waals surface area (Å²) in [6, 6.07) is 0. The van der Waals surface area contributed by atoms with Gasteiger partial charge in [-0.05, 0) is 0 Å². The summed E-state index contributed by atoms with van der Waals surface area (Å²) in [6.45, 7) is 0.205. The number of amides is 12. The van der Waals surface area contributed by atoms with E-state index in [1.54, 1.807) is 0 Å². The van der Waals surface area contributed by atoms with Gasteiger partial charge in [0.05, 0.1) is 58.3 Å². The summed E-state index contributed by atoms with van der Waals surface area (Å²) in [5.74, 6) is -2.84. The van der Waals surface area contributed by atoms with E-state index < -0.39 is 58.6 Å².